The van der Waals surface area contributed by atoms with Crippen molar-refractivity contribution in [1.82, 2.24) is 4.57 Å². The van der Waals surface area contributed by atoms with Crippen molar-refractivity contribution in [1.29, 1.82) is 5.41 Å². The number of aromatic nitrogens is 1. The predicted molar refractivity (Wildman–Crippen MR) is 122 cm³/mol. The standard InChI is InChI=1S/C24H24N4O3/c1-14(25)24-23(26-4)22-15(2)30-13-21(22)28(24)18-8-10-19(11-9-18)31-20-7-5-6-17(12-20)27-16(3)29/h5-12,15,25H,4,13H2,1-3H3,(H,27,29). The van der Waals surface area contributed by atoms with Crippen LogP contribution in [0.2, 0.25) is 0 Å². The zero-order valence-corrected chi connectivity index (χ0v) is 17.7. The molecule has 1 amide bonds. The first kappa shape index (κ1) is 20.6. The Bertz CT molecular complexity index is 1180. The largest absolute Gasteiger partial charge is 0.457 e. The molecule has 0 aliphatic carbocycles. The fourth-order valence-corrected chi connectivity index (χ4v) is 3.91. The van der Waals surface area contributed by atoms with E-state index in [9.17, 15) is 4.79 Å². The van der Waals surface area contributed by atoms with E-state index in [1.165, 1.54) is 6.92 Å². The second-order valence-electron chi connectivity index (χ2n) is 7.43. The highest BCUT2D eigenvalue weighted by molar-refractivity contribution is 6.01. The molecule has 2 heterocycles. The van der Waals surface area contributed by atoms with Gasteiger partial charge >= 0.3 is 0 Å². The molecule has 4 rings (SSSR count). The summed E-state index contributed by atoms with van der Waals surface area (Å²) < 4.78 is 13.8. The molecule has 2 aromatic carbocycles. The molecule has 1 atom stereocenters. The lowest BCUT2D eigenvalue weighted by atomic mass is 10.1. The normalized spacial score (nSPS) is 14.7. The van der Waals surface area contributed by atoms with Gasteiger partial charge in [0, 0.05) is 29.9 Å². The Morgan fingerprint density at radius 3 is 2.61 bits per heavy atom. The van der Waals surface area contributed by atoms with Crippen LogP contribution in [0.25, 0.3) is 5.69 Å². The zero-order chi connectivity index (χ0) is 22.1. The van der Waals surface area contributed by atoms with Crippen molar-refractivity contribution in [3.05, 3.63) is 65.5 Å². The zero-order valence-electron chi connectivity index (χ0n) is 17.7. The van der Waals surface area contributed by atoms with E-state index in [0.717, 1.165) is 22.6 Å². The molecular formula is C24H24N4O3. The first-order valence-electron chi connectivity index (χ1n) is 9.96. The number of aliphatic imine (C=N–C) groups is 1. The number of hydrogen-bond donors (Lipinski definition) is 2. The number of carbonyl (C=O) groups is 1. The van der Waals surface area contributed by atoms with E-state index in [0.29, 0.717) is 35.2 Å². The number of nitrogens with zero attached hydrogens (tertiary/aromatic N) is 2. The van der Waals surface area contributed by atoms with Crippen molar-refractivity contribution in [2.24, 2.45) is 4.99 Å². The van der Waals surface area contributed by atoms with Crippen LogP contribution in [-0.2, 0) is 16.1 Å². The Morgan fingerprint density at radius 1 is 1.23 bits per heavy atom. The molecule has 2 N–H and O–H groups in total. The molecule has 0 saturated carbocycles. The van der Waals surface area contributed by atoms with Crippen LogP contribution in [-0.4, -0.2) is 22.9 Å². The van der Waals surface area contributed by atoms with Gasteiger partial charge in [-0.1, -0.05) is 6.07 Å². The molecular weight excluding hydrogens is 392 g/mol. The van der Waals surface area contributed by atoms with E-state index in [-0.39, 0.29) is 12.0 Å². The lowest BCUT2D eigenvalue weighted by molar-refractivity contribution is -0.114. The summed E-state index contributed by atoms with van der Waals surface area (Å²) in [5.74, 6) is 1.15. The highest BCUT2D eigenvalue weighted by Gasteiger charge is 2.32. The van der Waals surface area contributed by atoms with Gasteiger partial charge < -0.3 is 24.8 Å². The summed E-state index contributed by atoms with van der Waals surface area (Å²) in [6.45, 7) is 9.38. The number of carbonyl (C=O) groups excluding carboxylic acids is 1. The number of rotatable bonds is 6. The molecule has 1 aliphatic rings. The summed E-state index contributed by atoms with van der Waals surface area (Å²) in [7, 11) is 0. The first-order valence-corrected chi connectivity index (χ1v) is 9.96. The van der Waals surface area contributed by atoms with Crippen molar-refractivity contribution in [2.45, 2.75) is 33.5 Å². The van der Waals surface area contributed by atoms with E-state index in [4.69, 9.17) is 14.9 Å². The number of hydrogen-bond acceptors (Lipinski definition) is 5. The summed E-state index contributed by atoms with van der Waals surface area (Å²) in [5.41, 5.74) is 5.41. The van der Waals surface area contributed by atoms with Gasteiger partial charge in [-0.25, -0.2) is 0 Å². The maximum absolute atomic E-state index is 11.3. The average molecular weight is 416 g/mol. The van der Waals surface area contributed by atoms with Crippen LogP contribution in [0.1, 0.15) is 43.8 Å². The third kappa shape index (κ3) is 3.87. The molecule has 1 aliphatic heterocycles. The van der Waals surface area contributed by atoms with Gasteiger partial charge in [-0.15, -0.1) is 0 Å². The average Bonchev–Trinajstić information content (AvgIpc) is 3.26. The second-order valence-corrected chi connectivity index (χ2v) is 7.43. The van der Waals surface area contributed by atoms with Crippen LogP contribution in [0.4, 0.5) is 11.4 Å². The van der Waals surface area contributed by atoms with E-state index in [1.54, 1.807) is 19.1 Å². The monoisotopic (exact) mass is 416 g/mol. The molecule has 0 bridgehead atoms. The number of nitrogens with one attached hydrogen (secondary N) is 2. The molecule has 7 heteroatoms. The molecule has 31 heavy (non-hydrogen) atoms. The van der Waals surface area contributed by atoms with Crippen LogP contribution in [0.5, 0.6) is 11.5 Å². The van der Waals surface area contributed by atoms with Crippen LogP contribution in [0, 0.1) is 5.41 Å². The number of benzene rings is 2. The first-order chi connectivity index (χ1) is 14.9. The van der Waals surface area contributed by atoms with Gasteiger partial charge in [0.05, 0.1) is 35.5 Å². The fraction of sp³-hybridized carbons (Fsp3) is 0.208. The quantitative estimate of drug-likeness (QED) is 0.517. The van der Waals surface area contributed by atoms with Gasteiger partial charge in [0.1, 0.15) is 11.5 Å². The molecule has 0 fully saturated rings. The summed E-state index contributed by atoms with van der Waals surface area (Å²) in [6.07, 6.45) is -0.0895. The van der Waals surface area contributed by atoms with Gasteiger partial charge in [-0.2, -0.15) is 0 Å². The Morgan fingerprint density at radius 2 is 1.97 bits per heavy atom. The molecule has 0 radical (unpaired) electrons. The van der Waals surface area contributed by atoms with Crippen molar-refractivity contribution in [3.8, 4) is 17.2 Å². The van der Waals surface area contributed by atoms with Gasteiger partial charge in [-0.3, -0.25) is 9.79 Å². The molecule has 0 saturated heterocycles. The highest BCUT2D eigenvalue weighted by atomic mass is 16.5. The molecule has 3 aromatic rings. The number of amides is 1. The fourth-order valence-electron chi connectivity index (χ4n) is 3.91. The Hall–Kier alpha value is -3.71. The molecule has 158 valence electrons. The highest BCUT2D eigenvalue weighted by Crippen LogP contribution is 2.43. The summed E-state index contributed by atoms with van der Waals surface area (Å²) in [4.78, 5) is 15.5. The van der Waals surface area contributed by atoms with Gasteiger partial charge in [0.2, 0.25) is 5.91 Å². The third-order valence-corrected chi connectivity index (χ3v) is 5.16. The molecule has 7 nitrogen and oxygen atoms in total. The van der Waals surface area contributed by atoms with Crippen molar-refractivity contribution < 1.29 is 14.3 Å². The minimum absolute atomic E-state index is 0.0895. The maximum Gasteiger partial charge on any atom is 0.221 e. The predicted octanol–water partition coefficient (Wildman–Crippen LogP) is 5.54. The Balaban J connectivity index is 1.67. The molecule has 0 spiro atoms. The smallest absolute Gasteiger partial charge is 0.221 e. The minimum atomic E-state index is -0.135. The van der Waals surface area contributed by atoms with Crippen molar-refractivity contribution >= 4 is 29.7 Å². The van der Waals surface area contributed by atoms with E-state index in [1.807, 2.05) is 47.9 Å². The van der Waals surface area contributed by atoms with Crippen LogP contribution < -0.4 is 10.1 Å². The van der Waals surface area contributed by atoms with Gasteiger partial charge in [0.25, 0.3) is 0 Å². The van der Waals surface area contributed by atoms with Crippen LogP contribution in [0.15, 0.2) is 53.5 Å². The number of ether oxygens (including phenoxy) is 2. The second kappa shape index (κ2) is 8.20. The maximum atomic E-state index is 11.3. The van der Waals surface area contributed by atoms with Gasteiger partial charge in [0.15, 0.2) is 0 Å². The van der Waals surface area contributed by atoms with E-state index in [2.05, 4.69) is 17.0 Å². The number of anilines is 1. The molecule has 1 unspecified atom stereocenters. The minimum Gasteiger partial charge on any atom is -0.457 e. The lowest BCUT2D eigenvalue weighted by Gasteiger charge is -2.14. The number of fused-ring (bicyclic) bond motifs is 1. The SMILES string of the molecule is C=Nc1c2c(n(-c3ccc(Oc4cccc(NC(C)=O)c4)cc3)c1C(C)=N)COC2C. The topological polar surface area (TPSA) is 88.7 Å². The van der Waals surface area contributed by atoms with Crippen molar-refractivity contribution in [3.63, 3.8) is 0 Å². The van der Waals surface area contributed by atoms with Crippen LogP contribution >= 0.6 is 0 Å². The van der Waals surface area contributed by atoms with Crippen LogP contribution in [0.3, 0.4) is 0 Å². The Labute approximate surface area is 180 Å². The van der Waals surface area contributed by atoms with E-state index >= 15 is 0 Å². The van der Waals surface area contributed by atoms with E-state index < -0.39 is 0 Å². The van der Waals surface area contributed by atoms with Gasteiger partial charge in [-0.05, 0) is 57.0 Å². The summed E-state index contributed by atoms with van der Waals surface area (Å²) in [5, 5.41) is 11.0. The van der Waals surface area contributed by atoms with Crippen molar-refractivity contribution in [2.75, 3.05) is 5.32 Å². The molecule has 1 aromatic heterocycles. The summed E-state index contributed by atoms with van der Waals surface area (Å²) in [6, 6.07) is 14.8. The third-order valence-electron chi connectivity index (χ3n) is 5.16. The Kier molecular flexibility index (Phi) is 5.44. The summed E-state index contributed by atoms with van der Waals surface area (Å²) >= 11 is 0. The lowest BCUT2D eigenvalue weighted by Crippen LogP contribution is -2.08.